The van der Waals surface area contributed by atoms with Gasteiger partial charge in [-0.15, -0.1) is 5.10 Å². The molecule has 3 aromatic rings. The number of carbonyl (C=O) groups is 1. The van der Waals surface area contributed by atoms with E-state index in [-0.39, 0.29) is 11.5 Å². The highest BCUT2D eigenvalue weighted by Gasteiger charge is 2.21. The topological polar surface area (TPSA) is 106 Å². The number of nitrogens with one attached hydrogen (secondary N) is 1. The Morgan fingerprint density at radius 2 is 1.81 bits per heavy atom. The zero-order chi connectivity index (χ0) is 23.1. The van der Waals surface area contributed by atoms with Crippen LogP contribution >= 0.6 is 0 Å². The molecule has 0 saturated carbocycles. The third-order valence-electron chi connectivity index (χ3n) is 5.12. The number of pyridine rings is 1. The van der Waals surface area contributed by atoms with Crippen molar-refractivity contribution >= 4 is 32.7 Å². The second-order valence-electron chi connectivity index (χ2n) is 7.74. The average Bonchev–Trinajstić information content (AvgIpc) is 2.99. The monoisotopic (exact) mass is 445 g/mol. The van der Waals surface area contributed by atoms with Gasteiger partial charge >= 0.3 is 0 Å². The SMILES string of the molecule is Cc1cc(C)c2c(OCC(=O)Nc3cc(S(=O)(=O)N(C)C)cc(C)c3C)nn(C)c2n1. The first-order chi connectivity index (χ1) is 14.4. The van der Waals surface area contributed by atoms with Gasteiger partial charge in [-0.05, 0) is 62.6 Å². The molecule has 9 nitrogen and oxygen atoms in total. The van der Waals surface area contributed by atoms with Gasteiger partial charge in [0.15, 0.2) is 12.3 Å². The Hall–Kier alpha value is -2.98. The smallest absolute Gasteiger partial charge is 0.262 e. The van der Waals surface area contributed by atoms with Crippen LogP contribution in [0.3, 0.4) is 0 Å². The Kier molecular flexibility index (Phi) is 6.06. The molecule has 0 spiro atoms. The molecule has 0 radical (unpaired) electrons. The Balaban J connectivity index is 1.83. The quantitative estimate of drug-likeness (QED) is 0.625. The predicted molar refractivity (Wildman–Crippen MR) is 119 cm³/mol. The van der Waals surface area contributed by atoms with Crippen LogP contribution in [0.5, 0.6) is 5.88 Å². The highest BCUT2D eigenvalue weighted by molar-refractivity contribution is 7.89. The van der Waals surface area contributed by atoms with E-state index in [1.165, 1.54) is 20.2 Å². The van der Waals surface area contributed by atoms with Crippen molar-refractivity contribution in [3.63, 3.8) is 0 Å². The van der Waals surface area contributed by atoms with Gasteiger partial charge in [-0.2, -0.15) is 0 Å². The van der Waals surface area contributed by atoms with Gasteiger partial charge in [-0.1, -0.05) is 0 Å². The lowest BCUT2D eigenvalue weighted by Crippen LogP contribution is -2.24. The number of nitrogens with zero attached hydrogens (tertiary/aromatic N) is 4. The predicted octanol–water partition coefficient (Wildman–Crippen LogP) is 2.47. The second kappa shape index (κ2) is 8.27. The van der Waals surface area contributed by atoms with Gasteiger partial charge in [-0.3, -0.25) is 4.79 Å². The second-order valence-corrected chi connectivity index (χ2v) is 9.90. The summed E-state index contributed by atoms with van der Waals surface area (Å²) < 4.78 is 33.4. The molecule has 10 heteroatoms. The summed E-state index contributed by atoms with van der Waals surface area (Å²) in [5.41, 5.74) is 4.47. The van der Waals surface area contributed by atoms with E-state index >= 15 is 0 Å². The number of rotatable bonds is 6. The van der Waals surface area contributed by atoms with Crippen LogP contribution in [-0.2, 0) is 21.9 Å². The number of amides is 1. The Labute approximate surface area is 182 Å². The van der Waals surface area contributed by atoms with E-state index in [9.17, 15) is 13.2 Å². The molecular formula is C21H27N5O4S. The van der Waals surface area contributed by atoms with Crippen molar-refractivity contribution in [3.05, 3.63) is 40.6 Å². The number of sulfonamides is 1. The number of fused-ring (bicyclic) bond motifs is 1. The molecule has 0 fully saturated rings. The molecule has 1 amide bonds. The summed E-state index contributed by atoms with van der Waals surface area (Å²) >= 11 is 0. The van der Waals surface area contributed by atoms with Crippen LogP contribution < -0.4 is 10.1 Å². The number of aryl methyl sites for hydroxylation is 4. The lowest BCUT2D eigenvalue weighted by Gasteiger charge is -2.16. The van der Waals surface area contributed by atoms with Crippen LogP contribution in [0.15, 0.2) is 23.1 Å². The zero-order valence-electron chi connectivity index (χ0n) is 18.8. The lowest BCUT2D eigenvalue weighted by atomic mass is 10.1. The fraction of sp³-hybridized carbons (Fsp3) is 0.381. The summed E-state index contributed by atoms with van der Waals surface area (Å²) in [5.74, 6) is -0.0899. The molecule has 3 rings (SSSR count). The summed E-state index contributed by atoms with van der Waals surface area (Å²) in [5, 5.41) is 7.85. The minimum absolute atomic E-state index is 0.115. The number of hydrogen-bond donors (Lipinski definition) is 1. The molecule has 0 aliphatic heterocycles. The van der Waals surface area contributed by atoms with Gasteiger partial charge in [0.05, 0.1) is 10.3 Å². The number of anilines is 1. The number of hydrogen-bond acceptors (Lipinski definition) is 6. The molecule has 0 aliphatic rings. The molecule has 0 saturated heterocycles. The normalized spacial score (nSPS) is 11.9. The van der Waals surface area contributed by atoms with Crippen molar-refractivity contribution in [1.29, 1.82) is 0 Å². The highest BCUT2D eigenvalue weighted by Crippen LogP contribution is 2.28. The molecule has 2 heterocycles. The Morgan fingerprint density at radius 3 is 2.45 bits per heavy atom. The first-order valence-electron chi connectivity index (χ1n) is 9.69. The minimum Gasteiger partial charge on any atom is -0.466 e. The van der Waals surface area contributed by atoms with E-state index in [4.69, 9.17) is 4.74 Å². The largest absolute Gasteiger partial charge is 0.466 e. The van der Waals surface area contributed by atoms with Crippen LogP contribution in [0, 0.1) is 27.7 Å². The fourth-order valence-corrected chi connectivity index (χ4v) is 4.30. The third kappa shape index (κ3) is 4.40. The maximum atomic E-state index is 12.6. The van der Waals surface area contributed by atoms with Crippen molar-refractivity contribution < 1.29 is 17.9 Å². The number of aromatic nitrogens is 3. The molecule has 0 unspecified atom stereocenters. The van der Waals surface area contributed by atoms with Crippen molar-refractivity contribution in [3.8, 4) is 5.88 Å². The van der Waals surface area contributed by atoms with Gasteiger partial charge in [0.25, 0.3) is 5.91 Å². The summed E-state index contributed by atoms with van der Waals surface area (Å²) in [6.45, 7) is 7.19. The van der Waals surface area contributed by atoms with E-state index < -0.39 is 15.9 Å². The molecule has 1 N–H and O–H groups in total. The molecule has 1 aromatic carbocycles. The highest BCUT2D eigenvalue weighted by atomic mass is 32.2. The van der Waals surface area contributed by atoms with Crippen LogP contribution in [0.1, 0.15) is 22.4 Å². The van der Waals surface area contributed by atoms with Crippen molar-refractivity contribution in [2.24, 2.45) is 7.05 Å². The van der Waals surface area contributed by atoms with E-state index in [0.29, 0.717) is 17.2 Å². The van der Waals surface area contributed by atoms with Crippen molar-refractivity contribution in [1.82, 2.24) is 19.1 Å². The van der Waals surface area contributed by atoms with Crippen LogP contribution in [0.4, 0.5) is 5.69 Å². The fourth-order valence-electron chi connectivity index (χ4n) is 3.29. The molecule has 0 aliphatic carbocycles. The van der Waals surface area contributed by atoms with Gasteiger partial charge in [-0.25, -0.2) is 22.4 Å². The van der Waals surface area contributed by atoms with Gasteiger partial charge in [0, 0.05) is 32.5 Å². The Bertz CT molecular complexity index is 1280. The molecule has 0 atom stereocenters. The first-order valence-corrected chi connectivity index (χ1v) is 11.1. The standard InChI is InChI=1S/C21H27N5O4S/c1-12-9-16(31(28,29)25(5)6)10-17(15(12)4)23-18(27)11-30-21-19-13(2)8-14(3)22-20(19)26(7)24-21/h8-10H,11H2,1-7H3,(H,23,27). The minimum atomic E-state index is -3.63. The van der Waals surface area contributed by atoms with Gasteiger partial charge in [0.1, 0.15) is 0 Å². The van der Waals surface area contributed by atoms with Crippen LogP contribution in [0.2, 0.25) is 0 Å². The molecule has 0 bridgehead atoms. The summed E-state index contributed by atoms with van der Waals surface area (Å²) in [4.78, 5) is 17.2. The number of carbonyl (C=O) groups excluding carboxylic acids is 1. The average molecular weight is 446 g/mol. The van der Waals surface area contributed by atoms with E-state index in [0.717, 1.165) is 32.1 Å². The van der Waals surface area contributed by atoms with Gasteiger partial charge in [0.2, 0.25) is 15.9 Å². The Morgan fingerprint density at radius 1 is 1.13 bits per heavy atom. The molecular weight excluding hydrogens is 418 g/mol. The van der Waals surface area contributed by atoms with Crippen LogP contribution in [0.25, 0.3) is 11.0 Å². The summed E-state index contributed by atoms with van der Waals surface area (Å²) in [6.07, 6.45) is 0. The maximum absolute atomic E-state index is 12.6. The molecule has 31 heavy (non-hydrogen) atoms. The number of benzene rings is 1. The zero-order valence-corrected chi connectivity index (χ0v) is 19.6. The molecule has 2 aromatic heterocycles. The van der Waals surface area contributed by atoms with Crippen LogP contribution in [-0.4, -0.2) is 54.1 Å². The third-order valence-corrected chi connectivity index (χ3v) is 6.91. The molecule has 166 valence electrons. The van der Waals surface area contributed by atoms with E-state index in [1.807, 2.05) is 26.8 Å². The van der Waals surface area contributed by atoms with Crippen molar-refractivity contribution in [2.45, 2.75) is 32.6 Å². The maximum Gasteiger partial charge on any atom is 0.262 e. The first kappa shape index (κ1) is 22.7. The van der Waals surface area contributed by atoms with E-state index in [2.05, 4.69) is 15.4 Å². The summed E-state index contributed by atoms with van der Waals surface area (Å²) in [7, 11) is 1.07. The van der Waals surface area contributed by atoms with Crippen molar-refractivity contribution in [2.75, 3.05) is 26.0 Å². The number of ether oxygens (including phenoxy) is 1. The van der Waals surface area contributed by atoms with Gasteiger partial charge < -0.3 is 10.1 Å². The lowest BCUT2D eigenvalue weighted by molar-refractivity contribution is -0.118. The summed E-state index contributed by atoms with van der Waals surface area (Å²) in [6, 6.07) is 4.98. The van der Waals surface area contributed by atoms with E-state index in [1.54, 1.807) is 24.7 Å².